The maximum atomic E-state index is 11.9. The molecule has 0 heterocycles. The molecule has 0 fully saturated rings. The molecule has 0 spiro atoms. The molecule has 0 atom stereocenters. The highest BCUT2D eigenvalue weighted by Crippen LogP contribution is 2.23. The summed E-state index contributed by atoms with van der Waals surface area (Å²) in [6, 6.07) is 7.07. The number of carbonyl (C=O) groups excluding carboxylic acids is 2. The van der Waals surface area contributed by atoms with Crippen LogP contribution in [0.4, 0.5) is 5.69 Å². The lowest BCUT2D eigenvalue weighted by Gasteiger charge is -2.24. The number of rotatable bonds is 2. The van der Waals surface area contributed by atoms with Gasteiger partial charge in [0.25, 0.3) is 0 Å². The van der Waals surface area contributed by atoms with Crippen LogP contribution in [0.25, 0.3) is 0 Å². The number of hydrogen-bond donors (Lipinski definition) is 3. The van der Waals surface area contributed by atoms with Gasteiger partial charge in [-0.2, -0.15) is 0 Å². The van der Waals surface area contributed by atoms with E-state index in [4.69, 9.17) is 5.73 Å². The summed E-state index contributed by atoms with van der Waals surface area (Å²) in [4.78, 5) is 22.6. The van der Waals surface area contributed by atoms with Crippen LogP contribution in [0.15, 0.2) is 24.3 Å². The standard InChI is InChI=1S/C12H17N3O2/c1-8(16)14-15-11(17)12(2,3)9-4-6-10(13)7-5-9/h4-7H,13H2,1-3H3,(H,14,16)(H,15,17). The van der Waals surface area contributed by atoms with Gasteiger partial charge in [-0.1, -0.05) is 12.1 Å². The molecule has 0 bridgehead atoms. The van der Waals surface area contributed by atoms with Gasteiger partial charge in [0.1, 0.15) is 0 Å². The molecule has 0 radical (unpaired) electrons. The lowest BCUT2D eigenvalue weighted by atomic mass is 9.84. The average Bonchev–Trinajstić information content (AvgIpc) is 2.26. The van der Waals surface area contributed by atoms with Crippen LogP contribution in [0.3, 0.4) is 0 Å². The van der Waals surface area contributed by atoms with Crippen molar-refractivity contribution in [3.63, 3.8) is 0 Å². The highest BCUT2D eigenvalue weighted by molar-refractivity contribution is 5.89. The molecule has 2 amide bonds. The van der Waals surface area contributed by atoms with E-state index in [0.29, 0.717) is 5.69 Å². The van der Waals surface area contributed by atoms with Crippen LogP contribution in [0.5, 0.6) is 0 Å². The summed E-state index contributed by atoms with van der Waals surface area (Å²) < 4.78 is 0. The Hall–Kier alpha value is -2.04. The zero-order chi connectivity index (χ0) is 13.1. The Morgan fingerprint density at radius 1 is 1.12 bits per heavy atom. The Morgan fingerprint density at radius 3 is 2.12 bits per heavy atom. The van der Waals surface area contributed by atoms with Crippen molar-refractivity contribution in [1.29, 1.82) is 0 Å². The number of hydrogen-bond acceptors (Lipinski definition) is 3. The summed E-state index contributed by atoms with van der Waals surface area (Å²) in [6.45, 7) is 4.88. The monoisotopic (exact) mass is 235 g/mol. The molecule has 1 rings (SSSR count). The minimum absolute atomic E-state index is 0.280. The largest absolute Gasteiger partial charge is 0.399 e. The Labute approximate surface area is 100 Å². The Kier molecular flexibility index (Phi) is 3.73. The van der Waals surface area contributed by atoms with Gasteiger partial charge < -0.3 is 5.73 Å². The Bertz CT molecular complexity index is 424. The lowest BCUT2D eigenvalue weighted by Crippen LogP contribution is -2.48. The highest BCUT2D eigenvalue weighted by atomic mass is 16.2. The second kappa shape index (κ2) is 4.86. The summed E-state index contributed by atoms with van der Waals surface area (Å²) in [7, 11) is 0. The molecule has 92 valence electrons. The van der Waals surface area contributed by atoms with Gasteiger partial charge in [0.2, 0.25) is 11.8 Å². The summed E-state index contributed by atoms with van der Waals surface area (Å²) in [6.07, 6.45) is 0. The van der Waals surface area contributed by atoms with Crippen molar-refractivity contribution in [1.82, 2.24) is 10.9 Å². The fraction of sp³-hybridized carbons (Fsp3) is 0.333. The van der Waals surface area contributed by atoms with Crippen LogP contribution in [-0.4, -0.2) is 11.8 Å². The predicted molar refractivity (Wildman–Crippen MR) is 65.8 cm³/mol. The average molecular weight is 235 g/mol. The summed E-state index contributed by atoms with van der Waals surface area (Å²) >= 11 is 0. The van der Waals surface area contributed by atoms with Crippen LogP contribution in [0.1, 0.15) is 26.3 Å². The number of carbonyl (C=O) groups is 2. The van der Waals surface area contributed by atoms with Gasteiger partial charge in [0.05, 0.1) is 5.41 Å². The van der Waals surface area contributed by atoms with Gasteiger partial charge in [0, 0.05) is 12.6 Å². The van der Waals surface area contributed by atoms with E-state index in [0.717, 1.165) is 5.56 Å². The first-order chi connectivity index (χ1) is 7.84. The van der Waals surface area contributed by atoms with Crippen LogP contribution in [0, 0.1) is 0 Å². The summed E-state index contributed by atoms with van der Waals surface area (Å²) in [5, 5.41) is 0. The zero-order valence-corrected chi connectivity index (χ0v) is 10.2. The zero-order valence-electron chi connectivity index (χ0n) is 10.2. The van der Waals surface area contributed by atoms with E-state index < -0.39 is 5.41 Å². The number of amides is 2. The maximum Gasteiger partial charge on any atom is 0.248 e. The SMILES string of the molecule is CC(=O)NNC(=O)C(C)(C)c1ccc(N)cc1. The molecule has 5 heteroatoms. The van der Waals surface area contributed by atoms with E-state index in [1.165, 1.54) is 6.92 Å². The molecule has 5 nitrogen and oxygen atoms in total. The predicted octanol–water partition coefficient (Wildman–Crippen LogP) is 0.714. The second-order valence-corrected chi connectivity index (χ2v) is 4.38. The van der Waals surface area contributed by atoms with Crippen molar-refractivity contribution in [2.45, 2.75) is 26.2 Å². The van der Waals surface area contributed by atoms with Gasteiger partial charge in [-0.3, -0.25) is 20.4 Å². The minimum Gasteiger partial charge on any atom is -0.399 e. The number of hydrazine groups is 1. The number of benzene rings is 1. The van der Waals surface area contributed by atoms with Gasteiger partial charge in [-0.15, -0.1) is 0 Å². The van der Waals surface area contributed by atoms with Crippen molar-refractivity contribution in [3.05, 3.63) is 29.8 Å². The molecule has 0 aliphatic carbocycles. The van der Waals surface area contributed by atoms with E-state index in [1.807, 2.05) is 0 Å². The second-order valence-electron chi connectivity index (χ2n) is 4.38. The topological polar surface area (TPSA) is 84.2 Å². The number of nitrogens with two attached hydrogens (primary N) is 1. The minimum atomic E-state index is -0.740. The molecule has 0 saturated carbocycles. The van der Waals surface area contributed by atoms with Crippen LogP contribution < -0.4 is 16.6 Å². The molecular weight excluding hydrogens is 218 g/mol. The van der Waals surface area contributed by atoms with Crippen molar-refractivity contribution in [2.24, 2.45) is 0 Å². The number of nitrogen functional groups attached to an aromatic ring is 1. The summed E-state index contributed by atoms with van der Waals surface area (Å²) in [5.74, 6) is -0.594. The summed E-state index contributed by atoms with van der Waals surface area (Å²) in [5.41, 5.74) is 11.0. The van der Waals surface area contributed by atoms with E-state index >= 15 is 0 Å². The molecule has 17 heavy (non-hydrogen) atoms. The lowest BCUT2D eigenvalue weighted by molar-refractivity contribution is -0.130. The number of anilines is 1. The first-order valence-electron chi connectivity index (χ1n) is 5.27. The van der Waals surface area contributed by atoms with Crippen molar-refractivity contribution in [2.75, 3.05) is 5.73 Å². The van der Waals surface area contributed by atoms with Crippen LogP contribution in [0.2, 0.25) is 0 Å². The van der Waals surface area contributed by atoms with E-state index in [-0.39, 0.29) is 11.8 Å². The van der Waals surface area contributed by atoms with Crippen LogP contribution >= 0.6 is 0 Å². The molecular formula is C12H17N3O2. The van der Waals surface area contributed by atoms with Gasteiger partial charge >= 0.3 is 0 Å². The molecule has 0 aliphatic heterocycles. The molecule has 0 aromatic heterocycles. The van der Waals surface area contributed by atoms with Gasteiger partial charge in [0.15, 0.2) is 0 Å². The smallest absolute Gasteiger partial charge is 0.248 e. The van der Waals surface area contributed by atoms with E-state index in [1.54, 1.807) is 38.1 Å². The van der Waals surface area contributed by atoms with E-state index in [2.05, 4.69) is 10.9 Å². The van der Waals surface area contributed by atoms with Crippen molar-refractivity contribution < 1.29 is 9.59 Å². The maximum absolute atomic E-state index is 11.9. The van der Waals surface area contributed by atoms with Gasteiger partial charge in [-0.05, 0) is 31.5 Å². The molecule has 4 N–H and O–H groups in total. The van der Waals surface area contributed by atoms with Crippen molar-refractivity contribution in [3.8, 4) is 0 Å². The van der Waals surface area contributed by atoms with Gasteiger partial charge in [-0.25, -0.2) is 0 Å². The molecule has 0 aliphatic rings. The molecule has 1 aromatic rings. The Morgan fingerprint density at radius 2 is 1.65 bits per heavy atom. The fourth-order valence-corrected chi connectivity index (χ4v) is 1.33. The first-order valence-corrected chi connectivity index (χ1v) is 5.27. The highest BCUT2D eigenvalue weighted by Gasteiger charge is 2.29. The van der Waals surface area contributed by atoms with Crippen molar-refractivity contribution >= 4 is 17.5 Å². The molecule has 0 saturated heterocycles. The number of nitrogens with one attached hydrogen (secondary N) is 2. The normalized spacial score (nSPS) is 10.8. The third-order valence-corrected chi connectivity index (χ3v) is 2.55. The van der Waals surface area contributed by atoms with E-state index in [9.17, 15) is 9.59 Å². The quantitative estimate of drug-likeness (QED) is 0.521. The van der Waals surface area contributed by atoms with Crippen LogP contribution in [-0.2, 0) is 15.0 Å². The first kappa shape index (κ1) is 13.0. The Balaban J connectivity index is 2.82. The molecule has 0 unspecified atom stereocenters. The fourth-order valence-electron chi connectivity index (χ4n) is 1.33. The third kappa shape index (κ3) is 3.21. The third-order valence-electron chi connectivity index (χ3n) is 2.55. The molecule has 1 aromatic carbocycles.